The van der Waals surface area contributed by atoms with E-state index in [0.29, 0.717) is 5.56 Å². The van der Waals surface area contributed by atoms with Crippen molar-refractivity contribution in [1.29, 1.82) is 0 Å². The Morgan fingerprint density at radius 3 is 1.97 bits per heavy atom. The van der Waals surface area contributed by atoms with E-state index >= 15 is 0 Å². The fraction of sp³-hybridized carbons (Fsp3) is 0.136. The molecule has 0 saturated heterocycles. The predicted molar refractivity (Wildman–Crippen MR) is 112 cm³/mol. The summed E-state index contributed by atoms with van der Waals surface area (Å²) >= 11 is 0. The van der Waals surface area contributed by atoms with E-state index in [-0.39, 0.29) is 40.9 Å². The number of carboxylic acid groups (broad SMARTS) is 1. The molecule has 0 aliphatic rings. The van der Waals surface area contributed by atoms with E-state index in [1.807, 2.05) is 4.72 Å². The molecule has 0 heterocycles. The quantitative estimate of drug-likeness (QED) is 0.372. The Balaban J connectivity index is 2.08. The van der Waals surface area contributed by atoms with Gasteiger partial charge in [0, 0.05) is 0 Å². The van der Waals surface area contributed by atoms with Crippen LogP contribution in [0.5, 0.6) is 11.5 Å². The molecule has 186 valence electrons. The number of rotatable bonds is 6. The van der Waals surface area contributed by atoms with Crippen LogP contribution < -0.4 is 9.46 Å². The first kappa shape index (κ1) is 25.9. The molecular formula is C22H15F6NO5S. The molecule has 2 N–H and O–H groups in total. The van der Waals surface area contributed by atoms with Gasteiger partial charge >= 0.3 is 18.3 Å². The third kappa shape index (κ3) is 6.04. The number of carboxylic acids is 1. The molecule has 0 spiro atoms. The number of ether oxygens (including phenoxy) is 1. The largest absolute Gasteiger partial charge is 0.478 e. The van der Waals surface area contributed by atoms with E-state index in [1.165, 1.54) is 42.5 Å². The second-order valence-corrected chi connectivity index (χ2v) is 8.93. The van der Waals surface area contributed by atoms with Gasteiger partial charge in [-0.15, -0.1) is 0 Å². The van der Waals surface area contributed by atoms with Crippen LogP contribution in [0, 0.1) is 6.92 Å². The van der Waals surface area contributed by atoms with Gasteiger partial charge in [-0.3, -0.25) is 4.72 Å². The minimum atomic E-state index is -5.25. The SMILES string of the molecule is Cc1ccc(Oc2ccccc2C(=O)O)c(NS(=O)(=O)c2cc(C(F)(F)F)cc(C(F)(F)F)c2)c1. The zero-order valence-electron chi connectivity index (χ0n) is 17.5. The molecule has 0 bridgehead atoms. The summed E-state index contributed by atoms with van der Waals surface area (Å²) in [6, 6.07) is 9.28. The van der Waals surface area contributed by atoms with Crippen molar-refractivity contribution in [3.05, 3.63) is 82.9 Å². The lowest BCUT2D eigenvalue weighted by atomic mass is 10.1. The summed E-state index contributed by atoms with van der Waals surface area (Å²) in [5.74, 6) is -1.77. The van der Waals surface area contributed by atoms with Gasteiger partial charge in [-0.1, -0.05) is 18.2 Å². The maximum absolute atomic E-state index is 13.2. The standard InChI is InChI=1S/C22H15F6NO5S/c1-12-6-7-19(34-18-5-3-2-4-16(18)20(30)31)17(8-12)29-35(32,33)15-10-13(21(23,24)25)9-14(11-15)22(26,27)28/h2-11,29H,1H3,(H,30,31). The number of hydrogen-bond donors (Lipinski definition) is 2. The number of para-hydroxylation sites is 1. The summed E-state index contributed by atoms with van der Waals surface area (Å²) < 4.78 is 112. The smallest absolute Gasteiger partial charge is 0.416 e. The maximum atomic E-state index is 13.2. The van der Waals surface area contributed by atoms with Crippen molar-refractivity contribution in [3.8, 4) is 11.5 Å². The van der Waals surface area contributed by atoms with Gasteiger partial charge in [0.2, 0.25) is 0 Å². The minimum absolute atomic E-state index is 0.0770. The van der Waals surface area contributed by atoms with E-state index in [9.17, 15) is 44.7 Å². The number of alkyl halides is 6. The highest BCUT2D eigenvalue weighted by Gasteiger charge is 2.38. The summed E-state index contributed by atoms with van der Waals surface area (Å²) in [5, 5.41) is 9.30. The van der Waals surface area contributed by atoms with Crippen LogP contribution in [0.2, 0.25) is 0 Å². The summed E-state index contributed by atoms with van der Waals surface area (Å²) in [5.41, 5.74) is -3.75. The zero-order chi connectivity index (χ0) is 26.2. The van der Waals surface area contributed by atoms with E-state index < -0.39 is 44.4 Å². The second kappa shape index (κ2) is 9.13. The Hall–Kier alpha value is -3.74. The molecule has 3 aromatic rings. The summed E-state index contributed by atoms with van der Waals surface area (Å²) in [6.45, 7) is 1.54. The van der Waals surface area contributed by atoms with Gasteiger partial charge in [0.25, 0.3) is 10.0 Å². The highest BCUT2D eigenvalue weighted by atomic mass is 32.2. The molecule has 0 amide bonds. The number of nitrogens with one attached hydrogen (secondary N) is 1. The van der Waals surface area contributed by atoms with Crippen molar-refractivity contribution in [2.45, 2.75) is 24.2 Å². The van der Waals surface area contributed by atoms with E-state index in [4.69, 9.17) is 4.74 Å². The van der Waals surface area contributed by atoms with Crippen molar-refractivity contribution in [2.75, 3.05) is 4.72 Å². The maximum Gasteiger partial charge on any atom is 0.416 e. The first-order chi connectivity index (χ1) is 16.1. The normalized spacial score (nSPS) is 12.3. The summed E-state index contributed by atoms with van der Waals surface area (Å²) in [7, 11) is -4.98. The lowest BCUT2D eigenvalue weighted by Crippen LogP contribution is -2.18. The van der Waals surface area contributed by atoms with Crippen LogP contribution in [-0.4, -0.2) is 19.5 Å². The molecule has 0 aliphatic heterocycles. The first-order valence-corrected chi connectivity index (χ1v) is 11.0. The molecule has 0 fully saturated rings. The third-order valence-electron chi connectivity index (χ3n) is 4.59. The van der Waals surface area contributed by atoms with E-state index in [2.05, 4.69) is 0 Å². The van der Waals surface area contributed by atoms with Crippen molar-refractivity contribution in [1.82, 2.24) is 0 Å². The van der Waals surface area contributed by atoms with Gasteiger partial charge in [-0.2, -0.15) is 26.3 Å². The second-order valence-electron chi connectivity index (χ2n) is 7.25. The number of benzene rings is 3. The highest BCUT2D eigenvalue weighted by Crippen LogP contribution is 2.38. The van der Waals surface area contributed by atoms with Gasteiger partial charge in [0.05, 0.1) is 21.7 Å². The molecule has 13 heteroatoms. The molecule has 0 aliphatic carbocycles. The van der Waals surface area contributed by atoms with E-state index in [1.54, 1.807) is 6.92 Å². The fourth-order valence-electron chi connectivity index (χ4n) is 2.95. The van der Waals surface area contributed by atoms with Crippen LogP contribution in [0.1, 0.15) is 27.0 Å². The van der Waals surface area contributed by atoms with Crippen molar-refractivity contribution < 1.29 is 49.4 Å². The number of sulfonamides is 1. The fourth-order valence-corrected chi connectivity index (χ4v) is 4.08. The van der Waals surface area contributed by atoms with E-state index in [0.717, 1.165) is 0 Å². The molecule has 3 rings (SSSR count). The molecular weight excluding hydrogens is 504 g/mol. The molecule has 0 unspecified atom stereocenters. The first-order valence-electron chi connectivity index (χ1n) is 9.51. The van der Waals surface area contributed by atoms with Crippen molar-refractivity contribution >= 4 is 21.7 Å². The van der Waals surface area contributed by atoms with Crippen molar-refractivity contribution in [2.24, 2.45) is 0 Å². The molecule has 6 nitrogen and oxygen atoms in total. The molecule has 0 radical (unpaired) electrons. The van der Waals surface area contributed by atoms with Crippen LogP contribution in [0.4, 0.5) is 32.0 Å². The van der Waals surface area contributed by atoms with Crippen LogP contribution >= 0.6 is 0 Å². The monoisotopic (exact) mass is 519 g/mol. The van der Waals surface area contributed by atoms with Gasteiger partial charge in [-0.25, -0.2) is 13.2 Å². The molecule has 35 heavy (non-hydrogen) atoms. The number of aryl methyl sites for hydroxylation is 1. The number of aromatic carboxylic acids is 1. The zero-order valence-corrected chi connectivity index (χ0v) is 18.3. The topological polar surface area (TPSA) is 92.7 Å². The van der Waals surface area contributed by atoms with Gasteiger partial charge in [0.15, 0.2) is 5.75 Å². The summed E-state index contributed by atoms with van der Waals surface area (Å²) in [6.07, 6.45) is -10.5. The predicted octanol–water partition coefficient (Wildman–Crippen LogP) is 6.32. The lowest BCUT2D eigenvalue weighted by Gasteiger charge is -2.17. The van der Waals surface area contributed by atoms with Gasteiger partial charge in [0.1, 0.15) is 11.3 Å². The number of halogens is 6. The minimum Gasteiger partial charge on any atom is -0.478 e. The average Bonchev–Trinajstić information content (AvgIpc) is 2.74. The number of carbonyl (C=O) groups is 1. The summed E-state index contributed by atoms with van der Waals surface area (Å²) in [4.78, 5) is 10.1. The third-order valence-corrected chi connectivity index (χ3v) is 5.93. The Morgan fingerprint density at radius 2 is 1.43 bits per heavy atom. The Bertz CT molecular complexity index is 1350. The van der Waals surface area contributed by atoms with Crippen LogP contribution in [0.25, 0.3) is 0 Å². The van der Waals surface area contributed by atoms with Crippen molar-refractivity contribution in [3.63, 3.8) is 0 Å². The Labute approximate surface area is 194 Å². The van der Waals surface area contributed by atoms with Gasteiger partial charge in [-0.05, 0) is 55.0 Å². The molecule has 0 aromatic heterocycles. The lowest BCUT2D eigenvalue weighted by molar-refractivity contribution is -0.143. The number of hydrogen-bond acceptors (Lipinski definition) is 4. The Morgan fingerprint density at radius 1 is 0.857 bits per heavy atom. The molecule has 0 saturated carbocycles. The number of anilines is 1. The molecule has 0 atom stereocenters. The van der Waals surface area contributed by atoms with Crippen LogP contribution in [0.15, 0.2) is 65.6 Å². The molecule has 3 aromatic carbocycles. The van der Waals surface area contributed by atoms with Gasteiger partial charge < -0.3 is 9.84 Å². The van der Waals surface area contributed by atoms with Crippen LogP contribution in [0.3, 0.4) is 0 Å². The van der Waals surface area contributed by atoms with Crippen LogP contribution in [-0.2, 0) is 22.4 Å². The Kier molecular flexibility index (Phi) is 6.75. The highest BCUT2D eigenvalue weighted by molar-refractivity contribution is 7.92. The average molecular weight is 519 g/mol.